The van der Waals surface area contributed by atoms with Crippen LogP contribution in [0.15, 0.2) is 73.3 Å². The van der Waals surface area contributed by atoms with Crippen LogP contribution < -0.4 is 0 Å². The van der Waals surface area contributed by atoms with Gasteiger partial charge in [0.1, 0.15) is 0 Å². The average Bonchev–Trinajstić information content (AvgIpc) is 3.05. The molecule has 0 unspecified atom stereocenters. The lowest BCUT2D eigenvalue weighted by atomic mass is 9.94. The molecule has 0 radical (unpaired) electrons. The van der Waals surface area contributed by atoms with Crippen LogP contribution in [0.3, 0.4) is 0 Å². The summed E-state index contributed by atoms with van der Waals surface area (Å²) < 4.78 is 2.00. The van der Waals surface area contributed by atoms with Gasteiger partial charge >= 0.3 is 0 Å². The Labute approximate surface area is 133 Å². The third kappa shape index (κ3) is 2.16. The van der Waals surface area contributed by atoms with Crippen LogP contribution in [0.1, 0.15) is 5.56 Å². The van der Waals surface area contributed by atoms with E-state index in [1.165, 1.54) is 0 Å². The van der Waals surface area contributed by atoms with Crippen molar-refractivity contribution in [3.05, 3.63) is 78.9 Å². The van der Waals surface area contributed by atoms with E-state index in [0.29, 0.717) is 5.56 Å². The first-order valence-corrected chi connectivity index (χ1v) is 7.24. The minimum Gasteiger partial charge on any atom is -0.297 e. The van der Waals surface area contributed by atoms with Crippen molar-refractivity contribution in [2.75, 3.05) is 0 Å². The largest absolute Gasteiger partial charge is 0.297 e. The van der Waals surface area contributed by atoms with Crippen LogP contribution in [0.25, 0.3) is 28.0 Å². The monoisotopic (exact) mass is 296 g/mol. The molecule has 4 nitrogen and oxygen atoms in total. The molecular weight excluding hydrogens is 284 g/mol. The van der Waals surface area contributed by atoms with E-state index in [9.17, 15) is 5.26 Å². The lowest BCUT2D eigenvalue weighted by Crippen LogP contribution is -1.92. The summed E-state index contributed by atoms with van der Waals surface area (Å²) in [5, 5.41) is 9.40. The van der Waals surface area contributed by atoms with Crippen LogP contribution in [0.4, 0.5) is 0 Å². The highest BCUT2D eigenvalue weighted by Crippen LogP contribution is 2.33. The van der Waals surface area contributed by atoms with Crippen molar-refractivity contribution in [3.63, 3.8) is 0 Å². The number of nitrogens with zero attached hydrogens (tertiary/aromatic N) is 4. The van der Waals surface area contributed by atoms with E-state index < -0.39 is 0 Å². The second kappa shape index (κ2) is 5.39. The lowest BCUT2D eigenvalue weighted by molar-refractivity contribution is 1.13. The van der Waals surface area contributed by atoms with Crippen molar-refractivity contribution in [1.82, 2.24) is 14.4 Å². The number of rotatable bonds is 2. The zero-order chi connectivity index (χ0) is 15.6. The van der Waals surface area contributed by atoms with Crippen LogP contribution >= 0.6 is 0 Å². The predicted molar refractivity (Wildman–Crippen MR) is 88.6 cm³/mol. The molecule has 4 heteroatoms. The summed E-state index contributed by atoms with van der Waals surface area (Å²) in [4.78, 5) is 8.51. The van der Waals surface area contributed by atoms with Gasteiger partial charge in [-0.15, -0.1) is 0 Å². The number of hydrogen-bond donors (Lipinski definition) is 0. The molecule has 2 aromatic carbocycles. The Bertz CT molecular complexity index is 1040. The number of benzene rings is 2. The Morgan fingerprint density at radius 1 is 0.870 bits per heavy atom. The topological polar surface area (TPSA) is 54.0 Å². The summed E-state index contributed by atoms with van der Waals surface area (Å²) in [6.45, 7) is 0. The standard InChI is InChI=1S/C19H12N4/c20-11-14-5-1-2-6-15(14)16-7-3-4-8-17(16)18-12-22-19-13-21-9-10-23(18)19/h1-10,12-13H. The quantitative estimate of drug-likeness (QED) is 0.563. The average molecular weight is 296 g/mol. The number of aromatic nitrogens is 3. The maximum Gasteiger partial charge on any atom is 0.155 e. The maximum atomic E-state index is 9.40. The number of fused-ring (bicyclic) bond motifs is 1. The van der Waals surface area contributed by atoms with E-state index in [1.807, 2.05) is 65.3 Å². The van der Waals surface area contributed by atoms with Gasteiger partial charge in [0.25, 0.3) is 0 Å². The Morgan fingerprint density at radius 3 is 2.43 bits per heavy atom. The van der Waals surface area contributed by atoms with Gasteiger partial charge in [0.05, 0.1) is 29.7 Å². The van der Waals surface area contributed by atoms with Crippen molar-refractivity contribution in [1.29, 1.82) is 5.26 Å². The Hall–Kier alpha value is -3.45. The van der Waals surface area contributed by atoms with Gasteiger partial charge in [-0.25, -0.2) is 4.98 Å². The highest BCUT2D eigenvalue weighted by atomic mass is 15.0. The van der Waals surface area contributed by atoms with E-state index in [4.69, 9.17) is 0 Å². The summed E-state index contributed by atoms with van der Waals surface area (Å²) >= 11 is 0. The van der Waals surface area contributed by atoms with Gasteiger partial charge in [0.2, 0.25) is 0 Å². The molecule has 2 heterocycles. The molecule has 23 heavy (non-hydrogen) atoms. The molecule has 0 amide bonds. The number of nitriles is 1. The van der Waals surface area contributed by atoms with Crippen molar-refractivity contribution in [2.24, 2.45) is 0 Å². The molecule has 2 aromatic heterocycles. The SMILES string of the molecule is N#Cc1ccccc1-c1ccccc1-c1cnc2cnccn12. The molecular formula is C19H12N4. The molecule has 0 spiro atoms. The fraction of sp³-hybridized carbons (Fsp3) is 0. The van der Waals surface area contributed by atoms with E-state index in [2.05, 4.69) is 16.0 Å². The summed E-state index contributed by atoms with van der Waals surface area (Å²) in [7, 11) is 0. The fourth-order valence-corrected chi connectivity index (χ4v) is 2.80. The van der Waals surface area contributed by atoms with E-state index in [-0.39, 0.29) is 0 Å². The van der Waals surface area contributed by atoms with Crippen molar-refractivity contribution < 1.29 is 0 Å². The molecule has 0 bridgehead atoms. The van der Waals surface area contributed by atoms with Gasteiger partial charge in [-0.05, 0) is 11.6 Å². The third-order valence-electron chi connectivity index (χ3n) is 3.86. The van der Waals surface area contributed by atoms with Crippen molar-refractivity contribution in [3.8, 4) is 28.5 Å². The second-order valence-electron chi connectivity index (χ2n) is 5.15. The minimum atomic E-state index is 0.662. The van der Waals surface area contributed by atoms with E-state index in [0.717, 1.165) is 28.0 Å². The Kier molecular flexibility index (Phi) is 3.10. The summed E-state index contributed by atoms with van der Waals surface area (Å²) in [5.74, 6) is 0. The molecule has 0 saturated heterocycles. The van der Waals surface area contributed by atoms with Crippen LogP contribution in [-0.4, -0.2) is 14.4 Å². The first-order chi connectivity index (χ1) is 11.4. The summed E-state index contributed by atoms with van der Waals surface area (Å²) in [6.07, 6.45) is 7.20. The molecule has 108 valence electrons. The molecule has 0 aliphatic carbocycles. The molecule has 0 atom stereocenters. The molecule has 0 N–H and O–H groups in total. The summed E-state index contributed by atoms with van der Waals surface area (Å²) in [5.41, 5.74) is 5.42. The Balaban J connectivity index is 2.00. The van der Waals surface area contributed by atoms with Gasteiger partial charge in [-0.3, -0.25) is 9.38 Å². The fourth-order valence-electron chi connectivity index (χ4n) is 2.80. The van der Waals surface area contributed by atoms with Gasteiger partial charge in [0.15, 0.2) is 5.65 Å². The van der Waals surface area contributed by atoms with Crippen LogP contribution in [-0.2, 0) is 0 Å². The first-order valence-electron chi connectivity index (χ1n) is 7.24. The molecule has 0 fully saturated rings. The first kappa shape index (κ1) is 13.2. The Morgan fingerprint density at radius 2 is 1.61 bits per heavy atom. The zero-order valence-electron chi connectivity index (χ0n) is 12.2. The van der Waals surface area contributed by atoms with Crippen molar-refractivity contribution >= 4 is 5.65 Å². The number of imidazole rings is 1. The van der Waals surface area contributed by atoms with Crippen LogP contribution in [0.5, 0.6) is 0 Å². The van der Waals surface area contributed by atoms with Crippen LogP contribution in [0, 0.1) is 11.3 Å². The minimum absolute atomic E-state index is 0.662. The predicted octanol–water partition coefficient (Wildman–Crippen LogP) is 3.93. The van der Waals surface area contributed by atoms with Gasteiger partial charge < -0.3 is 0 Å². The van der Waals surface area contributed by atoms with Crippen molar-refractivity contribution in [2.45, 2.75) is 0 Å². The van der Waals surface area contributed by atoms with Gasteiger partial charge in [0, 0.05) is 23.5 Å². The molecule has 0 saturated carbocycles. The second-order valence-corrected chi connectivity index (χ2v) is 5.15. The molecule has 0 aliphatic heterocycles. The van der Waals surface area contributed by atoms with Gasteiger partial charge in [-0.2, -0.15) is 5.26 Å². The highest BCUT2D eigenvalue weighted by molar-refractivity contribution is 5.85. The highest BCUT2D eigenvalue weighted by Gasteiger charge is 2.13. The molecule has 4 rings (SSSR count). The third-order valence-corrected chi connectivity index (χ3v) is 3.86. The smallest absolute Gasteiger partial charge is 0.155 e. The van der Waals surface area contributed by atoms with Gasteiger partial charge in [-0.1, -0.05) is 42.5 Å². The lowest BCUT2D eigenvalue weighted by Gasteiger charge is -2.11. The number of hydrogen-bond acceptors (Lipinski definition) is 3. The maximum absolute atomic E-state index is 9.40. The van der Waals surface area contributed by atoms with Crippen LogP contribution in [0.2, 0.25) is 0 Å². The zero-order valence-corrected chi connectivity index (χ0v) is 12.2. The normalized spacial score (nSPS) is 10.6. The molecule has 0 aliphatic rings. The molecule has 4 aromatic rings. The summed E-state index contributed by atoms with van der Waals surface area (Å²) in [6, 6.07) is 18.0. The van der Waals surface area contributed by atoms with E-state index in [1.54, 1.807) is 12.4 Å². The van der Waals surface area contributed by atoms with E-state index >= 15 is 0 Å².